The van der Waals surface area contributed by atoms with Crippen molar-refractivity contribution in [1.82, 2.24) is 0 Å². The largest absolute Gasteiger partial charge is 0.478 e. The first kappa shape index (κ1) is 13.1. The highest BCUT2D eigenvalue weighted by Crippen LogP contribution is 2.32. The maximum Gasteiger partial charge on any atom is 0.328 e. The lowest BCUT2D eigenvalue weighted by molar-refractivity contribution is -0.131. The summed E-state index contributed by atoms with van der Waals surface area (Å²) in [5.41, 5.74) is 2.37. The van der Waals surface area contributed by atoms with Crippen LogP contribution in [0.2, 0.25) is 0 Å². The van der Waals surface area contributed by atoms with Crippen molar-refractivity contribution in [1.29, 1.82) is 0 Å². The number of halogens is 1. The molecule has 0 fully saturated rings. The fourth-order valence-corrected chi connectivity index (χ4v) is 3.12. The molecule has 0 aliphatic carbocycles. The molecule has 0 amide bonds. The van der Waals surface area contributed by atoms with Crippen LogP contribution in [0.4, 0.5) is 0 Å². The van der Waals surface area contributed by atoms with Gasteiger partial charge in [0.1, 0.15) is 0 Å². The zero-order chi connectivity index (χ0) is 13.1. The van der Waals surface area contributed by atoms with Crippen LogP contribution in [0.25, 0.3) is 16.5 Å². The molecule has 92 valence electrons. The molecule has 0 saturated heterocycles. The van der Waals surface area contributed by atoms with Gasteiger partial charge in [-0.1, -0.05) is 22.0 Å². The SMILES string of the molecule is Cc1cc(Br)ccc1-c1ccc(/C=C/C(=O)O)s1. The van der Waals surface area contributed by atoms with Crippen molar-refractivity contribution in [3.05, 3.63) is 51.3 Å². The van der Waals surface area contributed by atoms with Crippen molar-refractivity contribution in [2.24, 2.45) is 0 Å². The Morgan fingerprint density at radius 2 is 2.11 bits per heavy atom. The van der Waals surface area contributed by atoms with Gasteiger partial charge in [0.05, 0.1) is 0 Å². The van der Waals surface area contributed by atoms with Crippen LogP contribution in [-0.2, 0) is 4.79 Å². The van der Waals surface area contributed by atoms with Crippen LogP contribution >= 0.6 is 27.3 Å². The average molecular weight is 323 g/mol. The van der Waals surface area contributed by atoms with E-state index in [1.54, 1.807) is 17.4 Å². The van der Waals surface area contributed by atoms with Crippen molar-refractivity contribution in [2.75, 3.05) is 0 Å². The van der Waals surface area contributed by atoms with Gasteiger partial charge in [-0.15, -0.1) is 11.3 Å². The van der Waals surface area contributed by atoms with E-state index in [1.807, 2.05) is 18.2 Å². The number of rotatable bonds is 3. The summed E-state index contributed by atoms with van der Waals surface area (Å²) >= 11 is 5.02. The van der Waals surface area contributed by atoms with E-state index in [0.717, 1.165) is 20.3 Å². The molecule has 0 spiro atoms. The zero-order valence-corrected chi connectivity index (χ0v) is 12.1. The Hall–Kier alpha value is -1.39. The number of hydrogen-bond acceptors (Lipinski definition) is 2. The van der Waals surface area contributed by atoms with Gasteiger partial charge >= 0.3 is 5.97 Å². The summed E-state index contributed by atoms with van der Waals surface area (Å²) in [4.78, 5) is 12.5. The number of carbonyl (C=O) groups is 1. The molecule has 0 aliphatic heterocycles. The van der Waals surface area contributed by atoms with Gasteiger partial charge in [0.25, 0.3) is 0 Å². The molecule has 0 bridgehead atoms. The van der Waals surface area contributed by atoms with Gasteiger partial charge < -0.3 is 5.11 Å². The molecule has 0 aliphatic rings. The molecule has 0 unspecified atom stereocenters. The first-order valence-corrected chi connectivity index (χ1v) is 6.94. The van der Waals surface area contributed by atoms with Gasteiger partial charge in [0, 0.05) is 20.3 Å². The maximum absolute atomic E-state index is 10.5. The van der Waals surface area contributed by atoms with Gasteiger partial charge in [0.15, 0.2) is 0 Å². The third kappa shape index (κ3) is 3.09. The Morgan fingerprint density at radius 1 is 1.33 bits per heavy atom. The Bertz CT molecular complexity index is 614. The minimum atomic E-state index is -0.926. The monoisotopic (exact) mass is 322 g/mol. The summed E-state index contributed by atoms with van der Waals surface area (Å²) in [6.07, 6.45) is 2.77. The van der Waals surface area contributed by atoms with Crippen LogP contribution in [0.1, 0.15) is 10.4 Å². The van der Waals surface area contributed by atoms with Gasteiger partial charge in [-0.3, -0.25) is 0 Å². The number of hydrogen-bond donors (Lipinski definition) is 1. The van der Waals surface area contributed by atoms with E-state index in [2.05, 4.69) is 35.0 Å². The average Bonchev–Trinajstić information content (AvgIpc) is 2.75. The molecule has 2 aromatic rings. The van der Waals surface area contributed by atoms with Crippen molar-refractivity contribution >= 4 is 39.3 Å². The summed E-state index contributed by atoms with van der Waals surface area (Å²) in [6, 6.07) is 10.1. The summed E-state index contributed by atoms with van der Waals surface area (Å²) < 4.78 is 1.06. The van der Waals surface area contributed by atoms with Crippen LogP contribution in [-0.4, -0.2) is 11.1 Å². The van der Waals surface area contributed by atoms with Crippen molar-refractivity contribution in [3.8, 4) is 10.4 Å². The molecule has 0 atom stereocenters. The third-order valence-electron chi connectivity index (χ3n) is 2.47. The van der Waals surface area contributed by atoms with Crippen LogP contribution in [0.3, 0.4) is 0 Å². The first-order chi connectivity index (χ1) is 8.56. The standard InChI is InChI=1S/C14H11BrO2S/c1-9-8-10(15)2-5-12(9)13-6-3-11(18-13)4-7-14(16)17/h2-8H,1H3,(H,16,17)/b7-4+. The third-order valence-corrected chi connectivity index (χ3v) is 4.05. The van der Waals surface area contributed by atoms with Crippen LogP contribution in [0, 0.1) is 6.92 Å². The van der Waals surface area contributed by atoms with Crippen LogP contribution in [0.5, 0.6) is 0 Å². The zero-order valence-electron chi connectivity index (χ0n) is 9.68. The van der Waals surface area contributed by atoms with Crippen molar-refractivity contribution < 1.29 is 9.90 Å². The Morgan fingerprint density at radius 3 is 2.78 bits per heavy atom. The summed E-state index contributed by atoms with van der Waals surface area (Å²) in [5, 5.41) is 8.59. The summed E-state index contributed by atoms with van der Waals surface area (Å²) in [5.74, 6) is -0.926. The first-order valence-electron chi connectivity index (χ1n) is 5.33. The molecule has 1 aromatic carbocycles. The molecule has 1 aromatic heterocycles. The van der Waals surface area contributed by atoms with E-state index in [1.165, 1.54) is 11.1 Å². The number of aryl methyl sites for hydroxylation is 1. The molecular formula is C14H11BrO2S. The van der Waals surface area contributed by atoms with Gasteiger partial charge in [0.2, 0.25) is 0 Å². The van der Waals surface area contributed by atoms with Crippen LogP contribution < -0.4 is 0 Å². The molecule has 0 saturated carbocycles. The van der Waals surface area contributed by atoms with E-state index in [9.17, 15) is 4.79 Å². The van der Waals surface area contributed by atoms with Crippen molar-refractivity contribution in [2.45, 2.75) is 6.92 Å². The minimum Gasteiger partial charge on any atom is -0.478 e. The number of thiophene rings is 1. The highest BCUT2D eigenvalue weighted by Gasteiger charge is 2.05. The fourth-order valence-electron chi connectivity index (χ4n) is 1.64. The quantitative estimate of drug-likeness (QED) is 0.839. The van der Waals surface area contributed by atoms with Gasteiger partial charge in [-0.2, -0.15) is 0 Å². The van der Waals surface area contributed by atoms with E-state index >= 15 is 0 Å². The molecule has 4 heteroatoms. The lowest BCUT2D eigenvalue weighted by atomic mass is 10.1. The predicted molar refractivity (Wildman–Crippen MR) is 78.9 cm³/mol. The number of carboxylic acids is 1. The van der Waals surface area contributed by atoms with E-state index in [4.69, 9.17) is 5.11 Å². The fraction of sp³-hybridized carbons (Fsp3) is 0.0714. The normalized spacial score (nSPS) is 11.0. The molecule has 1 N–H and O–H groups in total. The smallest absolute Gasteiger partial charge is 0.328 e. The lowest BCUT2D eigenvalue weighted by Crippen LogP contribution is -1.84. The predicted octanol–water partition coefficient (Wildman–Crippen LogP) is 4.58. The molecule has 0 radical (unpaired) electrons. The molecule has 1 heterocycles. The molecular weight excluding hydrogens is 312 g/mol. The second-order valence-corrected chi connectivity index (χ2v) is 5.86. The summed E-state index contributed by atoms with van der Waals surface area (Å²) in [7, 11) is 0. The highest BCUT2D eigenvalue weighted by atomic mass is 79.9. The molecule has 2 rings (SSSR count). The Balaban J connectivity index is 2.32. The number of aliphatic carboxylic acids is 1. The van der Waals surface area contributed by atoms with E-state index in [0.29, 0.717) is 0 Å². The summed E-state index contributed by atoms with van der Waals surface area (Å²) in [6.45, 7) is 2.06. The van der Waals surface area contributed by atoms with Gasteiger partial charge in [-0.25, -0.2) is 4.79 Å². The highest BCUT2D eigenvalue weighted by molar-refractivity contribution is 9.10. The molecule has 18 heavy (non-hydrogen) atoms. The van der Waals surface area contributed by atoms with Crippen LogP contribution in [0.15, 0.2) is 40.9 Å². The lowest BCUT2D eigenvalue weighted by Gasteiger charge is -2.03. The van der Waals surface area contributed by atoms with E-state index in [-0.39, 0.29) is 0 Å². The maximum atomic E-state index is 10.5. The van der Waals surface area contributed by atoms with E-state index < -0.39 is 5.97 Å². The number of benzene rings is 1. The van der Waals surface area contributed by atoms with Gasteiger partial charge in [-0.05, 0) is 48.4 Å². The Labute approximate surface area is 118 Å². The number of carboxylic acid groups (broad SMARTS) is 1. The second-order valence-electron chi connectivity index (χ2n) is 3.83. The Kier molecular flexibility index (Phi) is 3.99. The minimum absolute atomic E-state index is 0.926. The topological polar surface area (TPSA) is 37.3 Å². The van der Waals surface area contributed by atoms with Crippen molar-refractivity contribution in [3.63, 3.8) is 0 Å². The second kappa shape index (κ2) is 5.50. The molecule has 2 nitrogen and oxygen atoms in total.